The van der Waals surface area contributed by atoms with Crippen LogP contribution in [0.1, 0.15) is 36.2 Å². The van der Waals surface area contributed by atoms with Crippen LogP contribution in [-0.2, 0) is 21.0 Å². The summed E-state index contributed by atoms with van der Waals surface area (Å²) in [6.45, 7) is 3.55. The van der Waals surface area contributed by atoms with Crippen LogP contribution >= 0.6 is 0 Å². The average Bonchev–Trinajstić information content (AvgIpc) is 2.37. The molecule has 0 saturated heterocycles. The molecular weight excluding hydrogens is 276 g/mol. The standard InChI is InChI=1S/C15H18O4S/c1-5-7-11(3)19-15(16)13-9-8-12(6-2)14(10-13)20(4,17)18/h1,8-11H,6-7H2,2-4H3. The maximum absolute atomic E-state index is 11.9. The van der Waals surface area contributed by atoms with E-state index in [1.165, 1.54) is 6.07 Å². The van der Waals surface area contributed by atoms with E-state index < -0.39 is 21.9 Å². The van der Waals surface area contributed by atoms with Crippen molar-refractivity contribution in [2.24, 2.45) is 0 Å². The van der Waals surface area contributed by atoms with Crippen molar-refractivity contribution in [2.45, 2.75) is 37.7 Å². The molecule has 20 heavy (non-hydrogen) atoms. The first-order valence-corrected chi connectivity index (χ1v) is 8.16. The quantitative estimate of drug-likeness (QED) is 0.617. The van der Waals surface area contributed by atoms with E-state index in [1.54, 1.807) is 19.1 Å². The van der Waals surface area contributed by atoms with Gasteiger partial charge in [0.25, 0.3) is 0 Å². The normalized spacial score (nSPS) is 12.5. The van der Waals surface area contributed by atoms with Crippen LogP contribution in [0.15, 0.2) is 23.1 Å². The average molecular weight is 294 g/mol. The van der Waals surface area contributed by atoms with Gasteiger partial charge in [-0.1, -0.05) is 13.0 Å². The molecule has 0 bridgehead atoms. The van der Waals surface area contributed by atoms with Crippen molar-refractivity contribution >= 4 is 15.8 Å². The third-order valence-corrected chi connectivity index (χ3v) is 3.98. The molecule has 0 fully saturated rings. The first-order valence-electron chi connectivity index (χ1n) is 6.27. The summed E-state index contributed by atoms with van der Waals surface area (Å²) in [5, 5.41) is 0. The molecule has 1 aromatic rings. The number of ether oxygens (including phenoxy) is 1. The fourth-order valence-corrected chi connectivity index (χ4v) is 2.81. The molecule has 0 amide bonds. The molecule has 0 N–H and O–H groups in total. The number of esters is 1. The highest BCUT2D eigenvalue weighted by Gasteiger charge is 2.17. The lowest BCUT2D eigenvalue weighted by Crippen LogP contribution is -2.15. The van der Waals surface area contributed by atoms with Gasteiger partial charge in [0.15, 0.2) is 9.84 Å². The minimum absolute atomic E-state index is 0.166. The molecule has 1 atom stereocenters. The molecule has 0 heterocycles. The van der Waals surface area contributed by atoms with Crippen LogP contribution in [0.5, 0.6) is 0 Å². The van der Waals surface area contributed by atoms with Crippen molar-refractivity contribution < 1.29 is 17.9 Å². The highest BCUT2D eigenvalue weighted by molar-refractivity contribution is 7.90. The van der Waals surface area contributed by atoms with Crippen molar-refractivity contribution in [1.82, 2.24) is 0 Å². The van der Waals surface area contributed by atoms with E-state index in [4.69, 9.17) is 11.2 Å². The summed E-state index contributed by atoms with van der Waals surface area (Å²) in [7, 11) is -3.38. The number of aryl methyl sites for hydroxylation is 1. The number of hydrogen-bond donors (Lipinski definition) is 0. The Balaban J connectivity index is 3.10. The summed E-state index contributed by atoms with van der Waals surface area (Å²) in [6.07, 6.45) is 6.75. The molecule has 1 unspecified atom stereocenters. The molecule has 0 aliphatic carbocycles. The summed E-state index contributed by atoms with van der Waals surface area (Å²) in [5.74, 6) is 1.84. The minimum atomic E-state index is -3.38. The number of sulfone groups is 1. The topological polar surface area (TPSA) is 60.4 Å². The van der Waals surface area contributed by atoms with Gasteiger partial charge in [-0.2, -0.15) is 0 Å². The van der Waals surface area contributed by atoms with Gasteiger partial charge >= 0.3 is 5.97 Å². The number of carbonyl (C=O) groups is 1. The summed E-state index contributed by atoms with van der Waals surface area (Å²) >= 11 is 0. The second kappa shape index (κ2) is 6.58. The maximum atomic E-state index is 11.9. The van der Waals surface area contributed by atoms with Crippen molar-refractivity contribution in [1.29, 1.82) is 0 Å². The van der Waals surface area contributed by atoms with Gasteiger partial charge < -0.3 is 4.74 Å². The Labute approximate surface area is 120 Å². The summed E-state index contributed by atoms with van der Waals surface area (Å²) < 4.78 is 28.6. The zero-order valence-corrected chi connectivity index (χ0v) is 12.7. The van der Waals surface area contributed by atoms with Gasteiger partial charge in [-0.05, 0) is 31.0 Å². The lowest BCUT2D eigenvalue weighted by Gasteiger charge is -2.12. The number of hydrogen-bond acceptors (Lipinski definition) is 4. The SMILES string of the molecule is C#CCC(C)OC(=O)c1ccc(CC)c(S(C)(=O)=O)c1. The Hall–Kier alpha value is -1.80. The lowest BCUT2D eigenvalue weighted by atomic mass is 10.1. The van der Waals surface area contributed by atoms with Crippen LogP contribution in [0.2, 0.25) is 0 Å². The van der Waals surface area contributed by atoms with E-state index in [0.29, 0.717) is 18.4 Å². The van der Waals surface area contributed by atoms with Gasteiger partial charge in [0.1, 0.15) is 6.10 Å². The fourth-order valence-electron chi connectivity index (χ4n) is 1.78. The minimum Gasteiger partial charge on any atom is -0.458 e. The molecule has 0 spiro atoms. The van der Waals surface area contributed by atoms with E-state index in [0.717, 1.165) is 6.26 Å². The predicted molar refractivity (Wildman–Crippen MR) is 77.3 cm³/mol. The monoisotopic (exact) mass is 294 g/mol. The summed E-state index contributed by atoms with van der Waals surface area (Å²) in [5.41, 5.74) is 0.896. The van der Waals surface area contributed by atoms with Crippen molar-refractivity contribution in [2.75, 3.05) is 6.26 Å². The predicted octanol–water partition coefficient (Wildman–Crippen LogP) is 2.22. The highest BCUT2D eigenvalue weighted by Crippen LogP contribution is 2.19. The Kier molecular flexibility index (Phi) is 5.34. The van der Waals surface area contributed by atoms with Crippen molar-refractivity contribution in [3.05, 3.63) is 29.3 Å². The molecule has 0 aliphatic heterocycles. The van der Waals surface area contributed by atoms with Gasteiger partial charge in [0.2, 0.25) is 0 Å². The second-order valence-corrected chi connectivity index (χ2v) is 6.56. The zero-order chi connectivity index (χ0) is 15.3. The highest BCUT2D eigenvalue weighted by atomic mass is 32.2. The first kappa shape index (κ1) is 16.3. The van der Waals surface area contributed by atoms with Crippen LogP contribution < -0.4 is 0 Å². The maximum Gasteiger partial charge on any atom is 0.338 e. The number of rotatable bonds is 5. The molecule has 1 rings (SSSR count). The second-order valence-electron chi connectivity index (χ2n) is 4.57. The third kappa shape index (κ3) is 4.10. The molecule has 0 saturated carbocycles. The summed E-state index contributed by atoms with van der Waals surface area (Å²) in [4.78, 5) is 12.1. The van der Waals surface area contributed by atoms with E-state index in [1.807, 2.05) is 6.92 Å². The number of terminal acetylenes is 1. The number of benzene rings is 1. The van der Waals surface area contributed by atoms with Gasteiger partial charge in [-0.25, -0.2) is 13.2 Å². The molecule has 1 aromatic carbocycles. The Morgan fingerprint density at radius 2 is 2.10 bits per heavy atom. The van der Waals surface area contributed by atoms with Gasteiger partial charge in [0, 0.05) is 12.7 Å². The Morgan fingerprint density at radius 1 is 1.45 bits per heavy atom. The molecule has 0 radical (unpaired) electrons. The Morgan fingerprint density at radius 3 is 2.60 bits per heavy atom. The van der Waals surface area contributed by atoms with Crippen LogP contribution in [-0.4, -0.2) is 26.7 Å². The summed E-state index contributed by atoms with van der Waals surface area (Å²) in [6, 6.07) is 4.57. The van der Waals surface area contributed by atoms with Crippen molar-refractivity contribution in [3.63, 3.8) is 0 Å². The molecule has 0 aromatic heterocycles. The van der Waals surface area contributed by atoms with Crippen LogP contribution in [0, 0.1) is 12.3 Å². The zero-order valence-electron chi connectivity index (χ0n) is 11.8. The molecule has 0 aliphatic rings. The van der Waals surface area contributed by atoms with Gasteiger partial charge in [-0.15, -0.1) is 12.3 Å². The van der Waals surface area contributed by atoms with Gasteiger partial charge in [0.05, 0.1) is 10.5 Å². The van der Waals surface area contributed by atoms with E-state index in [2.05, 4.69) is 5.92 Å². The van der Waals surface area contributed by atoms with Crippen molar-refractivity contribution in [3.8, 4) is 12.3 Å². The van der Waals surface area contributed by atoms with Crippen LogP contribution in [0.3, 0.4) is 0 Å². The van der Waals surface area contributed by atoms with Gasteiger partial charge in [-0.3, -0.25) is 0 Å². The van der Waals surface area contributed by atoms with E-state index >= 15 is 0 Å². The Bertz CT molecular complexity index is 638. The fraction of sp³-hybridized carbons (Fsp3) is 0.400. The smallest absolute Gasteiger partial charge is 0.338 e. The van der Waals surface area contributed by atoms with E-state index in [-0.39, 0.29) is 10.5 Å². The molecule has 108 valence electrons. The van der Waals surface area contributed by atoms with Crippen LogP contribution in [0.4, 0.5) is 0 Å². The largest absolute Gasteiger partial charge is 0.458 e. The molecular formula is C15H18O4S. The molecule has 5 heteroatoms. The molecule has 4 nitrogen and oxygen atoms in total. The van der Waals surface area contributed by atoms with E-state index in [9.17, 15) is 13.2 Å². The number of carbonyl (C=O) groups excluding carboxylic acids is 1. The third-order valence-electron chi connectivity index (χ3n) is 2.80. The lowest BCUT2D eigenvalue weighted by molar-refractivity contribution is 0.0352. The first-order chi connectivity index (χ1) is 9.29. The van der Waals surface area contributed by atoms with Crippen LogP contribution in [0.25, 0.3) is 0 Å².